The van der Waals surface area contributed by atoms with Crippen LogP contribution in [0.4, 0.5) is 5.13 Å². The standard InChI is InChI=1S/C19H23N5O3S2/c1-5-24-16(12(2)27-15-8-6-14(26-4)7-9-15)22-23-19(24)29-13(3)17(25)21-18-20-10-11-28-18/h6-13H,5H2,1-4H3,(H,20,21,25). The van der Waals surface area contributed by atoms with Gasteiger partial charge in [0.05, 0.1) is 12.4 Å². The highest BCUT2D eigenvalue weighted by molar-refractivity contribution is 8.00. The van der Waals surface area contributed by atoms with Crippen LogP contribution in [-0.4, -0.2) is 38.0 Å². The fraction of sp³-hybridized carbons (Fsp3) is 0.368. The second kappa shape index (κ2) is 9.75. The van der Waals surface area contributed by atoms with Crippen LogP contribution in [0, 0.1) is 0 Å². The Bertz CT molecular complexity index is 928. The summed E-state index contributed by atoms with van der Waals surface area (Å²) in [4.78, 5) is 16.5. The summed E-state index contributed by atoms with van der Waals surface area (Å²) in [5.74, 6) is 2.07. The normalized spacial score (nSPS) is 13.0. The van der Waals surface area contributed by atoms with Crippen molar-refractivity contribution in [1.82, 2.24) is 19.7 Å². The van der Waals surface area contributed by atoms with E-state index in [9.17, 15) is 4.79 Å². The largest absolute Gasteiger partial charge is 0.497 e. The van der Waals surface area contributed by atoms with E-state index in [0.29, 0.717) is 28.4 Å². The third-order valence-electron chi connectivity index (χ3n) is 4.11. The minimum atomic E-state index is -0.348. The molecule has 1 N–H and O–H groups in total. The molecule has 0 radical (unpaired) electrons. The Morgan fingerprint density at radius 3 is 2.59 bits per heavy atom. The zero-order chi connectivity index (χ0) is 20.8. The maximum Gasteiger partial charge on any atom is 0.239 e. The van der Waals surface area contributed by atoms with Crippen LogP contribution in [0.1, 0.15) is 32.7 Å². The Labute approximate surface area is 177 Å². The molecule has 154 valence electrons. The van der Waals surface area contributed by atoms with Crippen LogP contribution in [0.3, 0.4) is 0 Å². The Balaban J connectivity index is 1.67. The van der Waals surface area contributed by atoms with Crippen molar-refractivity contribution in [2.24, 2.45) is 0 Å². The van der Waals surface area contributed by atoms with Crippen LogP contribution >= 0.6 is 23.1 Å². The average molecular weight is 434 g/mol. The Kier molecular flexibility index (Phi) is 7.10. The molecule has 1 aromatic carbocycles. The number of hydrogen-bond donors (Lipinski definition) is 1. The van der Waals surface area contributed by atoms with E-state index in [4.69, 9.17) is 9.47 Å². The van der Waals surface area contributed by atoms with Gasteiger partial charge in [0, 0.05) is 18.1 Å². The highest BCUT2D eigenvalue weighted by Gasteiger charge is 2.23. The fourth-order valence-corrected chi connectivity index (χ4v) is 4.05. The van der Waals surface area contributed by atoms with Crippen molar-refractivity contribution in [2.75, 3.05) is 12.4 Å². The molecule has 0 aliphatic rings. The quantitative estimate of drug-likeness (QED) is 0.510. The maximum absolute atomic E-state index is 12.4. The first-order valence-corrected chi connectivity index (χ1v) is 10.9. The number of ether oxygens (including phenoxy) is 2. The summed E-state index contributed by atoms with van der Waals surface area (Å²) in [7, 11) is 1.62. The summed E-state index contributed by atoms with van der Waals surface area (Å²) in [6, 6.07) is 7.39. The van der Waals surface area contributed by atoms with Gasteiger partial charge >= 0.3 is 0 Å². The number of benzene rings is 1. The van der Waals surface area contributed by atoms with Crippen molar-refractivity contribution in [3.05, 3.63) is 41.7 Å². The molecule has 0 saturated carbocycles. The van der Waals surface area contributed by atoms with Gasteiger partial charge in [-0.1, -0.05) is 11.8 Å². The van der Waals surface area contributed by atoms with Crippen LogP contribution in [0.25, 0.3) is 0 Å². The number of nitrogens with one attached hydrogen (secondary N) is 1. The lowest BCUT2D eigenvalue weighted by Crippen LogP contribution is -2.23. The van der Waals surface area contributed by atoms with Gasteiger partial charge < -0.3 is 19.4 Å². The van der Waals surface area contributed by atoms with Gasteiger partial charge in [-0.2, -0.15) is 0 Å². The smallest absolute Gasteiger partial charge is 0.239 e. The second-order valence-corrected chi connectivity index (χ2v) is 8.31. The van der Waals surface area contributed by atoms with Crippen LogP contribution in [0.2, 0.25) is 0 Å². The van der Waals surface area contributed by atoms with Gasteiger partial charge in [-0.3, -0.25) is 4.79 Å². The van der Waals surface area contributed by atoms with Crippen LogP contribution < -0.4 is 14.8 Å². The fourth-order valence-electron chi connectivity index (χ4n) is 2.60. The molecular formula is C19H23N5O3S2. The monoisotopic (exact) mass is 433 g/mol. The van der Waals surface area contributed by atoms with Gasteiger partial charge in [-0.25, -0.2) is 4.98 Å². The molecule has 0 aliphatic heterocycles. The van der Waals surface area contributed by atoms with E-state index >= 15 is 0 Å². The van der Waals surface area contributed by atoms with Crippen molar-refractivity contribution in [3.8, 4) is 11.5 Å². The lowest BCUT2D eigenvalue weighted by molar-refractivity contribution is -0.115. The number of hydrogen-bond acceptors (Lipinski definition) is 8. The Morgan fingerprint density at radius 1 is 1.24 bits per heavy atom. The van der Waals surface area contributed by atoms with Crippen molar-refractivity contribution >= 4 is 34.1 Å². The van der Waals surface area contributed by atoms with Crippen molar-refractivity contribution < 1.29 is 14.3 Å². The molecule has 0 saturated heterocycles. The maximum atomic E-state index is 12.4. The number of carbonyl (C=O) groups excluding carboxylic acids is 1. The minimum Gasteiger partial charge on any atom is -0.497 e. The number of nitrogens with zero attached hydrogens (tertiary/aromatic N) is 4. The zero-order valence-electron chi connectivity index (χ0n) is 16.7. The summed E-state index contributed by atoms with van der Waals surface area (Å²) < 4.78 is 13.1. The van der Waals surface area contributed by atoms with E-state index < -0.39 is 0 Å². The van der Waals surface area contributed by atoms with Gasteiger partial charge in [0.2, 0.25) is 5.91 Å². The number of anilines is 1. The Hall–Kier alpha value is -2.59. The van der Waals surface area contributed by atoms with E-state index in [-0.39, 0.29) is 17.3 Å². The third-order valence-corrected chi connectivity index (χ3v) is 5.88. The van der Waals surface area contributed by atoms with E-state index in [1.165, 1.54) is 23.1 Å². The van der Waals surface area contributed by atoms with E-state index in [2.05, 4.69) is 20.5 Å². The van der Waals surface area contributed by atoms with Gasteiger partial charge in [-0.15, -0.1) is 21.5 Å². The molecule has 2 heterocycles. The molecule has 3 rings (SSSR count). The summed E-state index contributed by atoms with van der Waals surface area (Å²) in [5, 5.41) is 14.1. The number of amides is 1. The Morgan fingerprint density at radius 2 is 1.97 bits per heavy atom. The van der Waals surface area contributed by atoms with E-state index in [1.54, 1.807) is 13.3 Å². The van der Waals surface area contributed by atoms with Crippen molar-refractivity contribution in [2.45, 2.75) is 43.8 Å². The molecule has 3 aromatic rings. The van der Waals surface area contributed by atoms with Gasteiger partial charge in [0.25, 0.3) is 0 Å². The average Bonchev–Trinajstić information content (AvgIpc) is 3.38. The minimum absolute atomic E-state index is 0.125. The number of aromatic nitrogens is 4. The lowest BCUT2D eigenvalue weighted by Gasteiger charge is -2.16. The van der Waals surface area contributed by atoms with Crippen molar-refractivity contribution in [3.63, 3.8) is 0 Å². The van der Waals surface area contributed by atoms with Crippen LogP contribution in [0.5, 0.6) is 11.5 Å². The molecular weight excluding hydrogens is 410 g/mol. The molecule has 8 nitrogen and oxygen atoms in total. The molecule has 2 atom stereocenters. The topological polar surface area (TPSA) is 91.2 Å². The SMILES string of the molecule is CCn1c(SC(C)C(=O)Nc2nccs2)nnc1C(C)Oc1ccc(OC)cc1. The van der Waals surface area contributed by atoms with E-state index in [0.717, 1.165) is 5.75 Å². The third kappa shape index (κ3) is 5.27. The van der Waals surface area contributed by atoms with Gasteiger partial charge in [0.1, 0.15) is 11.5 Å². The first-order valence-electron chi connectivity index (χ1n) is 9.12. The zero-order valence-corrected chi connectivity index (χ0v) is 18.3. The predicted octanol–water partition coefficient (Wildman–Crippen LogP) is 4.02. The summed E-state index contributed by atoms with van der Waals surface area (Å²) in [6.45, 7) is 6.44. The number of thioether (sulfide) groups is 1. The number of thiazole rings is 1. The molecule has 2 aromatic heterocycles. The molecule has 0 aliphatic carbocycles. The number of carbonyl (C=O) groups is 1. The number of rotatable bonds is 9. The molecule has 29 heavy (non-hydrogen) atoms. The molecule has 0 bridgehead atoms. The highest BCUT2D eigenvalue weighted by atomic mass is 32.2. The molecule has 10 heteroatoms. The summed E-state index contributed by atoms with van der Waals surface area (Å²) in [6.07, 6.45) is 1.35. The highest BCUT2D eigenvalue weighted by Crippen LogP contribution is 2.28. The van der Waals surface area contributed by atoms with Crippen LogP contribution in [-0.2, 0) is 11.3 Å². The second-order valence-electron chi connectivity index (χ2n) is 6.11. The molecule has 1 amide bonds. The van der Waals surface area contributed by atoms with E-state index in [1.807, 2.05) is 55.0 Å². The van der Waals surface area contributed by atoms with Gasteiger partial charge in [-0.05, 0) is 45.0 Å². The summed E-state index contributed by atoms with van der Waals surface area (Å²) in [5.41, 5.74) is 0. The predicted molar refractivity (Wildman–Crippen MR) is 114 cm³/mol. The lowest BCUT2D eigenvalue weighted by atomic mass is 10.3. The molecule has 0 fully saturated rings. The first-order chi connectivity index (χ1) is 14.0. The number of methoxy groups -OCH3 is 1. The molecule has 0 spiro atoms. The van der Waals surface area contributed by atoms with Gasteiger partial charge in [0.15, 0.2) is 22.2 Å². The van der Waals surface area contributed by atoms with Crippen LogP contribution in [0.15, 0.2) is 41.0 Å². The molecule has 2 unspecified atom stereocenters. The van der Waals surface area contributed by atoms with Crippen molar-refractivity contribution in [1.29, 1.82) is 0 Å². The summed E-state index contributed by atoms with van der Waals surface area (Å²) >= 11 is 2.74. The first kappa shape index (κ1) is 21.1.